The molecule has 1 aromatic heterocycles. The monoisotopic (exact) mass is 470 g/mol. The number of hydrogen-bond donors (Lipinski definition) is 2. The number of carboxylic acid groups (broad SMARTS) is 1. The van der Waals surface area contributed by atoms with Gasteiger partial charge in [-0.3, -0.25) is 19.3 Å². The Kier molecular flexibility index (Phi) is 6.48. The fraction of sp³-hybridized carbons (Fsp3) is 0.304. The van der Waals surface area contributed by atoms with Crippen LogP contribution in [-0.4, -0.2) is 38.2 Å². The molecule has 7 nitrogen and oxygen atoms in total. The minimum Gasteiger partial charge on any atom is -0.481 e. The zero-order valence-corrected chi connectivity index (χ0v) is 19.0. The van der Waals surface area contributed by atoms with E-state index in [9.17, 15) is 19.5 Å². The third-order valence-corrected chi connectivity index (χ3v) is 6.95. The Morgan fingerprint density at radius 2 is 1.84 bits per heavy atom. The zero-order valence-electron chi connectivity index (χ0n) is 17.4. The number of hydrogen-bond acceptors (Lipinski definition) is 6. The summed E-state index contributed by atoms with van der Waals surface area (Å²) in [5.74, 6) is -0.211. The van der Waals surface area contributed by atoms with Crippen LogP contribution in [0.4, 0.5) is 5.69 Å². The van der Waals surface area contributed by atoms with Crippen LogP contribution in [0.25, 0.3) is 17.4 Å². The van der Waals surface area contributed by atoms with Crippen molar-refractivity contribution in [3.8, 4) is 11.3 Å². The molecule has 0 unspecified atom stereocenters. The number of amides is 2. The molecule has 2 aromatic rings. The maximum Gasteiger partial charge on any atom is 0.306 e. The Balaban J connectivity index is 1.45. The number of thioether (sulfide) groups is 1. The molecule has 2 heterocycles. The van der Waals surface area contributed by atoms with Gasteiger partial charge in [0.05, 0.1) is 10.8 Å². The van der Waals surface area contributed by atoms with Crippen molar-refractivity contribution in [2.24, 2.45) is 5.92 Å². The number of nitrogens with one attached hydrogen (secondary N) is 1. The largest absolute Gasteiger partial charge is 0.481 e. The Morgan fingerprint density at radius 3 is 2.47 bits per heavy atom. The van der Waals surface area contributed by atoms with E-state index in [1.807, 2.05) is 18.2 Å². The van der Waals surface area contributed by atoms with Crippen molar-refractivity contribution in [2.75, 3.05) is 5.32 Å². The molecule has 9 heteroatoms. The number of furan rings is 1. The Bertz CT molecular complexity index is 1100. The maximum atomic E-state index is 13.0. The molecule has 2 fully saturated rings. The van der Waals surface area contributed by atoms with Crippen LogP contribution >= 0.6 is 24.0 Å². The summed E-state index contributed by atoms with van der Waals surface area (Å²) in [6.07, 6.45) is 4.07. The van der Waals surface area contributed by atoms with E-state index >= 15 is 0 Å². The molecule has 1 aliphatic carbocycles. The summed E-state index contributed by atoms with van der Waals surface area (Å²) in [5.41, 5.74) is 1.55. The van der Waals surface area contributed by atoms with Crippen molar-refractivity contribution in [1.82, 2.24) is 4.90 Å². The molecule has 2 aliphatic rings. The average Bonchev–Trinajstić information content (AvgIpc) is 3.33. The highest BCUT2D eigenvalue weighted by molar-refractivity contribution is 8.26. The van der Waals surface area contributed by atoms with Gasteiger partial charge in [0, 0.05) is 30.3 Å². The quantitative estimate of drug-likeness (QED) is 0.480. The van der Waals surface area contributed by atoms with E-state index in [1.165, 1.54) is 18.7 Å². The van der Waals surface area contributed by atoms with Gasteiger partial charge in [0.2, 0.25) is 5.91 Å². The third-order valence-electron chi connectivity index (χ3n) is 5.62. The standard InChI is InChI=1S/C23H22N2O5S2/c1-13(26)24-16-6-2-14(3-7-16)19-11-10-18(30-19)12-20-21(27)25(23(31)32-20)17-8-4-15(5-9-17)22(28)29/h2-3,6-7,10-12,15,17H,4-5,8-9H2,1H3,(H,24,26)(H,28,29). The Labute approximate surface area is 194 Å². The molecule has 1 aliphatic heterocycles. The van der Waals surface area contributed by atoms with Gasteiger partial charge in [0.1, 0.15) is 15.8 Å². The first-order valence-electron chi connectivity index (χ1n) is 10.3. The maximum absolute atomic E-state index is 13.0. The van der Waals surface area contributed by atoms with Crippen molar-refractivity contribution < 1.29 is 23.9 Å². The van der Waals surface area contributed by atoms with Crippen LogP contribution in [0, 0.1) is 5.92 Å². The highest BCUT2D eigenvalue weighted by atomic mass is 32.2. The highest BCUT2D eigenvalue weighted by Crippen LogP contribution is 2.38. The van der Waals surface area contributed by atoms with Gasteiger partial charge < -0.3 is 14.8 Å². The molecule has 2 N–H and O–H groups in total. The predicted molar refractivity (Wildman–Crippen MR) is 127 cm³/mol. The van der Waals surface area contributed by atoms with Gasteiger partial charge in [-0.25, -0.2) is 0 Å². The summed E-state index contributed by atoms with van der Waals surface area (Å²) < 4.78 is 6.40. The summed E-state index contributed by atoms with van der Waals surface area (Å²) in [7, 11) is 0. The van der Waals surface area contributed by atoms with Crippen molar-refractivity contribution in [2.45, 2.75) is 38.6 Å². The van der Waals surface area contributed by atoms with Crippen LogP contribution in [0.15, 0.2) is 45.7 Å². The van der Waals surface area contributed by atoms with E-state index in [0.29, 0.717) is 52.1 Å². The molecular formula is C23H22N2O5S2. The van der Waals surface area contributed by atoms with Gasteiger partial charge in [-0.05, 0) is 62.1 Å². The first kappa shape index (κ1) is 22.3. The van der Waals surface area contributed by atoms with Crippen molar-refractivity contribution >= 4 is 57.8 Å². The van der Waals surface area contributed by atoms with Crippen molar-refractivity contribution in [3.05, 3.63) is 47.1 Å². The molecule has 1 aromatic carbocycles. The van der Waals surface area contributed by atoms with E-state index in [2.05, 4.69) is 5.32 Å². The molecule has 2 amide bonds. The van der Waals surface area contributed by atoms with E-state index in [-0.39, 0.29) is 23.8 Å². The van der Waals surface area contributed by atoms with Gasteiger partial charge in [0.15, 0.2) is 0 Å². The molecule has 166 valence electrons. The Hall–Kier alpha value is -2.91. The lowest BCUT2D eigenvalue weighted by Gasteiger charge is -2.32. The van der Waals surface area contributed by atoms with Crippen molar-refractivity contribution in [1.29, 1.82) is 0 Å². The minimum atomic E-state index is -0.771. The number of carboxylic acids is 1. The van der Waals surface area contributed by atoms with E-state index < -0.39 is 5.97 Å². The normalized spacial score (nSPS) is 22.4. The predicted octanol–water partition coefficient (Wildman–Crippen LogP) is 4.75. The van der Waals surface area contributed by atoms with Gasteiger partial charge >= 0.3 is 5.97 Å². The fourth-order valence-corrected chi connectivity index (χ4v) is 5.39. The summed E-state index contributed by atoms with van der Waals surface area (Å²) in [6, 6.07) is 10.8. The van der Waals surface area contributed by atoms with Gasteiger partial charge in [0.25, 0.3) is 5.91 Å². The second kappa shape index (κ2) is 9.30. The number of thiocarbonyl (C=S) groups is 1. The molecule has 32 heavy (non-hydrogen) atoms. The smallest absolute Gasteiger partial charge is 0.306 e. The molecule has 1 saturated heterocycles. The van der Waals surface area contributed by atoms with E-state index in [1.54, 1.807) is 29.2 Å². The third kappa shape index (κ3) is 4.78. The molecular weight excluding hydrogens is 448 g/mol. The lowest BCUT2D eigenvalue weighted by atomic mass is 9.85. The lowest BCUT2D eigenvalue weighted by Crippen LogP contribution is -2.41. The van der Waals surface area contributed by atoms with Crippen LogP contribution < -0.4 is 5.32 Å². The molecule has 0 bridgehead atoms. The SMILES string of the molecule is CC(=O)Nc1ccc(-c2ccc(C=C3SC(=S)N(C4CCC(C(=O)O)CC4)C3=O)o2)cc1. The Morgan fingerprint density at radius 1 is 1.16 bits per heavy atom. The van der Waals surface area contributed by atoms with E-state index in [0.717, 1.165) is 5.56 Å². The number of benzene rings is 1. The minimum absolute atomic E-state index is 0.0571. The summed E-state index contributed by atoms with van der Waals surface area (Å²) >= 11 is 6.69. The number of carbonyl (C=O) groups excluding carboxylic acids is 2. The van der Waals surface area contributed by atoms with E-state index in [4.69, 9.17) is 16.6 Å². The number of aliphatic carboxylic acids is 1. The second-order valence-electron chi connectivity index (χ2n) is 7.86. The van der Waals surface area contributed by atoms with Crippen LogP contribution in [-0.2, 0) is 14.4 Å². The molecule has 1 saturated carbocycles. The van der Waals surface area contributed by atoms with Crippen molar-refractivity contribution in [3.63, 3.8) is 0 Å². The topological polar surface area (TPSA) is 99.9 Å². The van der Waals surface area contributed by atoms with Gasteiger partial charge in [-0.2, -0.15) is 0 Å². The summed E-state index contributed by atoms with van der Waals surface area (Å²) in [5, 5.41) is 11.9. The highest BCUT2D eigenvalue weighted by Gasteiger charge is 2.39. The van der Waals surface area contributed by atoms with Crippen LogP contribution in [0.1, 0.15) is 38.4 Å². The lowest BCUT2D eigenvalue weighted by molar-refractivity contribution is -0.143. The fourth-order valence-electron chi connectivity index (χ4n) is 4.01. The molecule has 4 rings (SSSR count). The van der Waals surface area contributed by atoms with Crippen LogP contribution in [0.2, 0.25) is 0 Å². The molecule has 0 radical (unpaired) electrons. The van der Waals surface area contributed by atoms with Crippen LogP contribution in [0.5, 0.6) is 0 Å². The number of rotatable bonds is 5. The molecule has 0 atom stereocenters. The number of carbonyl (C=O) groups is 3. The number of nitrogens with zero attached hydrogens (tertiary/aromatic N) is 1. The van der Waals surface area contributed by atoms with Crippen LogP contribution in [0.3, 0.4) is 0 Å². The first-order valence-corrected chi connectivity index (χ1v) is 11.5. The van der Waals surface area contributed by atoms with Gasteiger partial charge in [-0.1, -0.05) is 24.0 Å². The van der Waals surface area contributed by atoms with Gasteiger partial charge in [-0.15, -0.1) is 0 Å². The second-order valence-corrected chi connectivity index (χ2v) is 9.53. The molecule has 0 spiro atoms. The average molecular weight is 471 g/mol. The summed E-state index contributed by atoms with van der Waals surface area (Å²) in [4.78, 5) is 37.5. The summed E-state index contributed by atoms with van der Waals surface area (Å²) in [6.45, 7) is 1.45. The number of anilines is 1. The first-order chi connectivity index (χ1) is 15.3. The zero-order chi connectivity index (χ0) is 22.8.